The molecule has 0 radical (unpaired) electrons. The molecule has 0 aromatic heterocycles. The summed E-state index contributed by atoms with van der Waals surface area (Å²) < 4.78 is 0. The van der Waals surface area contributed by atoms with E-state index in [2.05, 4.69) is 76.1 Å². The maximum absolute atomic E-state index is 3.82. The minimum absolute atomic E-state index is 0.595. The summed E-state index contributed by atoms with van der Waals surface area (Å²) in [5.74, 6) is 0.595. The third kappa shape index (κ3) is 2.55. The Morgan fingerprint density at radius 3 is 2.00 bits per heavy atom. The molecular formula is C17H25NSi. The third-order valence-electron chi connectivity index (χ3n) is 4.54. The molecule has 0 heterocycles. The highest BCUT2D eigenvalue weighted by molar-refractivity contribution is 6.87. The molecule has 1 N–H and O–H groups in total. The van der Waals surface area contributed by atoms with Gasteiger partial charge in [0.1, 0.15) is 0 Å². The van der Waals surface area contributed by atoms with Crippen molar-refractivity contribution in [3.05, 3.63) is 52.2 Å². The number of anilines is 1. The van der Waals surface area contributed by atoms with Gasteiger partial charge in [-0.2, -0.15) is 0 Å². The van der Waals surface area contributed by atoms with E-state index >= 15 is 0 Å². The second-order valence-electron chi connectivity index (χ2n) is 6.18. The summed E-state index contributed by atoms with van der Waals surface area (Å²) in [5.41, 5.74) is 5.81. The minimum atomic E-state index is -1.63. The number of allylic oxidation sites excluding steroid dienone is 4. The van der Waals surface area contributed by atoms with Crippen LogP contribution in [-0.4, -0.2) is 8.24 Å². The van der Waals surface area contributed by atoms with Crippen LogP contribution in [0.15, 0.2) is 52.2 Å². The second kappa shape index (κ2) is 5.01. The summed E-state index contributed by atoms with van der Waals surface area (Å²) in [5, 5.41) is 1.66. The quantitative estimate of drug-likeness (QED) is 0.750. The van der Waals surface area contributed by atoms with Gasteiger partial charge in [-0.1, -0.05) is 41.5 Å². The highest BCUT2D eigenvalue weighted by Gasteiger charge is 2.36. The molecule has 1 nitrogen and oxygen atoms in total. The zero-order chi connectivity index (χ0) is 14.2. The van der Waals surface area contributed by atoms with Crippen molar-refractivity contribution in [1.29, 1.82) is 0 Å². The molecule has 0 aliphatic heterocycles. The largest absolute Gasteiger partial charge is 0.407 e. The number of para-hydroxylation sites is 1. The van der Waals surface area contributed by atoms with Gasteiger partial charge in [0.05, 0.1) is 0 Å². The Labute approximate surface area is 118 Å². The van der Waals surface area contributed by atoms with Gasteiger partial charge in [-0.3, -0.25) is 0 Å². The Morgan fingerprint density at radius 1 is 0.947 bits per heavy atom. The van der Waals surface area contributed by atoms with Gasteiger partial charge in [0.25, 0.3) is 0 Å². The third-order valence-corrected chi connectivity index (χ3v) is 7.61. The molecule has 0 spiro atoms. The predicted octanol–water partition coefficient (Wildman–Crippen LogP) is 5.15. The lowest BCUT2D eigenvalue weighted by Crippen LogP contribution is -2.41. The van der Waals surface area contributed by atoms with Gasteiger partial charge in [-0.25, -0.2) is 0 Å². The van der Waals surface area contributed by atoms with E-state index in [-0.39, 0.29) is 0 Å². The van der Waals surface area contributed by atoms with Crippen molar-refractivity contribution in [1.82, 2.24) is 0 Å². The normalized spacial score (nSPS) is 20.2. The maximum atomic E-state index is 3.82. The van der Waals surface area contributed by atoms with Crippen LogP contribution < -0.4 is 4.98 Å². The van der Waals surface area contributed by atoms with Crippen molar-refractivity contribution in [3.63, 3.8) is 0 Å². The summed E-state index contributed by atoms with van der Waals surface area (Å²) in [4.78, 5) is 3.82. The van der Waals surface area contributed by atoms with E-state index in [9.17, 15) is 0 Å². The first-order chi connectivity index (χ1) is 8.84. The number of rotatable bonds is 3. The molecule has 1 unspecified atom stereocenters. The van der Waals surface area contributed by atoms with Crippen molar-refractivity contribution in [2.24, 2.45) is 5.92 Å². The van der Waals surface area contributed by atoms with Gasteiger partial charge in [0.2, 0.25) is 0 Å². The first kappa shape index (κ1) is 14.1. The molecule has 0 saturated carbocycles. The average molecular weight is 271 g/mol. The number of benzene rings is 1. The molecule has 102 valence electrons. The van der Waals surface area contributed by atoms with Crippen LogP contribution in [0, 0.1) is 5.92 Å². The van der Waals surface area contributed by atoms with Gasteiger partial charge in [-0.05, 0) is 57.5 Å². The molecule has 1 aromatic rings. The summed E-state index contributed by atoms with van der Waals surface area (Å²) >= 11 is 0. The first-order valence-corrected chi connectivity index (χ1v) is 10.1. The molecule has 2 heteroatoms. The van der Waals surface area contributed by atoms with E-state index in [0.717, 1.165) is 0 Å². The predicted molar refractivity (Wildman–Crippen MR) is 87.8 cm³/mol. The molecule has 1 aliphatic carbocycles. The Bertz CT molecular complexity index is 538. The van der Waals surface area contributed by atoms with E-state index < -0.39 is 8.24 Å². The fourth-order valence-electron chi connectivity index (χ4n) is 3.32. The van der Waals surface area contributed by atoms with E-state index in [1.165, 1.54) is 16.8 Å². The second-order valence-corrected chi connectivity index (χ2v) is 10.2. The van der Waals surface area contributed by atoms with Gasteiger partial charge in [0.15, 0.2) is 8.24 Å². The van der Waals surface area contributed by atoms with Crippen molar-refractivity contribution < 1.29 is 0 Å². The van der Waals surface area contributed by atoms with Crippen molar-refractivity contribution >= 4 is 13.9 Å². The zero-order valence-electron chi connectivity index (χ0n) is 13.0. The van der Waals surface area contributed by atoms with E-state index in [4.69, 9.17) is 0 Å². The Hall–Kier alpha value is -1.28. The van der Waals surface area contributed by atoms with E-state index in [1.807, 2.05) is 0 Å². The Morgan fingerprint density at radius 2 is 1.53 bits per heavy atom. The lowest BCUT2D eigenvalue weighted by molar-refractivity contribution is 0.848. The van der Waals surface area contributed by atoms with Crippen molar-refractivity contribution in [2.45, 2.75) is 40.8 Å². The van der Waals surface area contributed by atoms with Crippen molar-refractivity contribution in [2.75, 3.05) is 4.98 Å². The summed E-state index contributed by atoms with van der Waals surface area (Å²) in [6.45, 7) is 14.0. The van der Waals surface area contributed by atoms with Gasteiger partial charge < -0.3 is 4.98 Å². The smallest absolute Gasteiger partial charge is 0.176 e. The highest BCUT2D eigenvalue weighted by atomic mass is 28.3. The van der Waals surface area contributed by atoms with E-state index in [0.29, 0.717) is 5.92 Å². The van der Waals surface area contributed by atoms with Gasteiger partial charge in [0, 0.05) is 5.69 Å². The van der Waals surface area contributed by atoms with Crippen LogP contribution in [0.3, 0.4) is 0 Å². The monoisotopic (exact) mass is 271 g/mol. The highest BCUT2D eigenvalue weighted by Crippen LogP contribution is 2.41. The molecule has 1 atom stereocenters. The summed E-state index contributed by atoms with van der Waals surface area (Å²) in [6.07, 6.45) is 0. The lowest BCUT2D eigenvalue weighted by atomic mass is 10.1. The SMILES string of the molecule is CC1=C(C)C(C)C([Si](C)(C)Nc2ccccc2)=C1C. The number of hydrogen-bond donors (Lipinski definition) is 1. The zero-order valence-corrected chi connectivity index (χ0v) is 14.0. The van der Waals surface area contributed by atoms with Crippen LogP contribution in [0.1, 0.15) is 27.7 Å². The van der Waals surface area contributed by atoms with Crippen LogP contribution in [0.2, 0.25) is 13.1 Å². The standard InChI is InChI=1S/C17H25NSi/c1-12-13(2)15(4)17(14(12)3)19(5,6)18-16-10-8-7-9-11-16/h7-11,14,18H,1-6H3. The number of hydrogen-bond acceptors (Lipinski definition) is 1. The molecule has 19 heavy (non-hydrogen) atoms. The van der Waals surface area contributed by atoms with Crippen LogP contribution >= 0.6 is 0 Å². The van der Waals surface area contributed by atoms with Crippen molar-refractivity contribution in [3.8, 4) is 0 Å². The summed E-state index contributed by atoms with van der Waals surface area (Å²) in [6, 6.07) is 10.6. The molecular weight excluding hydrogens is 246 g/mol. The fraction of sp³-hybridized carbons (Fsp3) is 0.412. The fourth-order valence-corrected chi connectivity index (χ4v) is 6.77. The van der Waals surface area contributed by atoms with Gasteiger partial charge >= 0.3 is 0 Å². The molecule has 0 amide bonds. The topological polar surface area (TPSA) is 12.0 Å². The van der Waals surface area contributed by atoms with Crippen LogP contribution in [0.5, 0.6) is 0 Å². The summed E-state index contributed by atoms with van der Waals surface area (Å²) in [7, 11) is -1.63. The Balaban J connectivity index is 2.32. The molecule has 0 bridgehead atoms. The Kier molecular flexibility index (Phi) is 3.72. The van der Waals surface area contributed by atoms with Crippen LogP contribution in [0.25, 0.3) is 0 Å². The van der Waals surface area contributed by atoms with Gasteiger partial charge in [-0.15, -0.1) is 0 Å². The molecule has 0 saturated heterocycles. The average Bonchev–Trinajstić information content (AvgIpc) is 2.55. The maximum Gasteiger partial charge on any atom is 0.176 e. The molecule has 1 aromatic carbocycles. The minimum Gasteiger partial charge on any atom is -0.407 e. The van der Waals surface area contributed by atoms with Crippen LogP contribution in [-0.2, 0) is 0 Å². The molecule has 0 fully saturated rings. The molecule has 1 aliphatic rings. The lowest BCUT2D eigenvalue weighted by Gasteiger charge is -2.31. The van der Waals surface area contributed by atoms with Crippen LogP contribution in [0.4, 0.5) is 5.69 Å². The molecule has 2 rings (SSSR count). The van der Waals surface area contributed by atoms with E-state index in [1.54, 1.807) is 10.8 Å². The first-order valence-electron chi connectivity index (χ1n) is 7.07. The number of nitrogens with one attached hydrogen (secondary N) is 1.